The standard InChI is InChI=1S/C24H29F3N2O5SSi/c1-17-13-23(34-28-17)29(16-33-11-12-36(2,3)4)35(31,32)22-8-6-5-7-20(22)19-10-9-18(15-30)14-21(19)24(25,26)27/h5-10,13-14,30H,11-12,15-16H2,1-4H3. The van der Waals surface area contributed by atoms with E-state index in [1.807, 2.05) is 0 Å². The second kappa shape index (κ2) is 10.7. The van der Waals surface area contributed by atoms with Crippen molar-refractivity contribution >= 4 is 24.0 Å². The molecule has 12 heteroatoms. The van der Waals surface area contributed by atoms with Crippen LogP contribution >= 0.6 is 0 Å². The lowest BCUT2D eigenvalue weighted by Crippen LogP contribution is -2.34. The Labute approximate surface area is 209 Å². The molecule has 7 nitrogen and oxygen atoms in total. The third-order valence-corrected chi connectivity index (χ3v) is 8.87. The van der Waals surface area contributed by atoms with Gasteiger partial charge in [-0.1, -0.05) is 55.1 Å². The summed E-state index contributed by atoms with van der Waals surface area (Å²) >= 11 is 0. The Hall–Kier alpha value is -2.67. The van der Waals surface area contributed by atoms with Crippen LogP contribution in [0, 0.1) is 6.92 Å². The highest BCUT2D eigenvalue weighted by Crippen LogP contribution is 2.41. The minimum Gasteiger partial charge on any atom is -0.392 e. The Morgan fingerprint density at radius 1 is 1.08 bits per heavy atom. The molecule has 0 saturated heterocycles. The Balaban J connectivity index is 2.10. The first-order chi connectivity index (χ1) is 16.7. The van der Waals surface area contributed by atoms with E-state index < -0.39 is 43.2 Å². The fourth-order valence-corrected chi connectivity index (χ4v) is 5.67. The fraction of sp³-hybridized carbons (Fsp3) is 0.375. The van der Waals surface area contributed by atoms with Gasteiger partial charge in [-0.15, -0.1) is 0 Å². The fourth-order valence-electron chi connectivity index (χ4n) is 3.44. The van der Waals surface area contributed by atoms with Gasteiger partial charge in [0.1, 0.15) is 6.73 Å². The molecule has 3 rings (SSSR count). The van der Waals surface area contributed by atoms with Crippen molar-refractivity contribution in [2.24, 2.45) is 0 Å². The van der Waals surface area contributed by atoms with E-state index in [0.717, 1.165) is 22.5 Å². The normalized spacial score (nSPS) is 12.7. The van der Waals surface area contributed by atoms with E-state index in [9.17, 15) is 26.7 Å². The lowest BCUT2D eigenvalue weighted by Gasteiger charge is -2.24. The highest BCUT2D eigenvalue weighted by atomic mass is 32.2. The molecule has 0 aliphatic rings. The molecular weight excluding hydrogens is 513 g/mol. The third-order valence-electron chi connectivity index (χ3n) is 5.38. The number of hydrogen-bond acceptors (Lipinski definition) is 6. The van der Waals surface area contributed by atoms with Gasteiger partial charge in [0, 0.05) is 26.3 Å². The van der Waals surface area contributed by atoms with Gasteiger partial charge in [0.15, 0.2) is 0 Å². The van der Waals surface area contributed by atoms with Crippen LogP contribution in [0.2, 0.25) is 25.7 Å². The van der Waals surface area contributed by atoms with Gasteiger partial charge in [-0.3, -0.25) is 0 Å². The van der Waals surface area contributed by atoms with Gasteiger partial charge in [-0.25, -0.2) is 12.7 Å². The predicted octanol–water partition coefficient (Wildman–Crippen LogP) is 5.67. The van der Waals surface area contributed by atoms with Crippen molar-refractivity contribution in [2.45, 2.75) is 50.3 Å². The van der Waals surface area contributed by atoms with E-state index in [2.05, 4.69) is 24.8 Å². The van der Waals surface area contributed by atoms with Crippen LogP contribution in [0.4, 0.5) is 19.1 Å². The van der Waals surface area contributed by atoms with Crippen LogP contribution in [0.25, 0.3) is 11.1 Å². The molecule has 2 aromatic carbocycles. The summed E-state index contributed by atoms with van der Waals surface area (Å²) in [6.45, 7) is 7.42. The number of alkyl halides is 3. The van der Waals surface area contributed by atoms with Crippen LogP contribution < -0.4 is 4.31 Å². The maximum Gasteiger partial charge on any atom is 0.417 e. The zero-order valence-electron chi connectivity index (χ0n) is 20.5. The quantitative estimate of drug-likeness (QED) is 0.202. The summed E-state index contributed by atoms with van der Waals surface area (Å²) in [6, 6.07) is 11.0. The molecule has 1 aromatic heterocycles. The molecule has 0 saturated carbocycles. The highest BCUT2D eigenvalue weighted by Gasteiger charge is 2.37. The third kappa shape index (κ3) is 6.55. The van der Waals surface area contributed by atoms with Gasteiger partial charge in [-0.05, 0) is 36.2 Å². The molecule has 1 N–H and O–H groups in total. The zero-order valence-corrected chi connectivity index (χ0v) is 22.3. The molecule has 0 unspecified atom stereocenters. The summed E-state index contributed by atoms with van der Waals surface area (Å²) in [5, 5.41) is 13.1. The number of sulfonamides is 1. The molecule has 0 bridgehead atoms. The first-order valence-corrected chi connectivity index (χ1v) is 16.3. The summed E-state index contributed by atoms with van der Waals surface area (Å²) in [5.74, 6) is -0.109. The van der Waals surface area contributed by atoms with Crippen molar-refractivity contribution in [3.8, 4) is 11.1 Å². The average molecular weight is 543 g/mol. The Bertz CT molecular complexity index is 1300. The van der Waals surface area contributed by atoms with Gasteiger partial charge in [0.05, 0.1) is 22.8 Å². The van der Waals surface area contributed by atoms with Gasteiger partial charge in [0.2, 0.25) is 5.88 Å². The molecule has 0 spiro atoms. The largest absolute Gasteiger partial charge is 0.417 e. The molecule has 0 fully saturated rings. The number of ether oxygens (including phenoxy) is 1. The van der Waals surface area contributed by atoms with Crippen LogP contribution in [0.15, 0.2) is 57.9 Å². The number of anilines is 1. The monoisotopic (exact) mass is 542 g/mol. The van der Waals surface area contributed by atoms with E-state index in [4.69, 9.17) is 9.26 Å². The van der Waals surface area contributed by atoms with E-state index >= 15 is 0 Å². The molecule has 0 radical (unpaired) electrons. The summed E-state index contributed by atoms with van der Waals surface area (Å²) in [6.07, 6.45) is -4.78. The van der Waals surface area contributed by atoms with Gasteiger partial charge < -0.3 is 14.4 Å². The first kappa shape index (κ1) is 27.9. The lowest BCUT2D eigenvalue weighted by atomic mass is 9.97. The van der Waals surface area contributed by atoms with E-state index in [1.54, 1.807) is 6.92 Å². The number of aliphatic hydroxyl groups excluding tert-OH is 1. The lowest BCUT2D eigenvalue weighted by molar-refractivity contribution is -0.137. The minimum atomic E-state index is -4.78. The van der Waals surface area contributed by atoms with Crippen molar-refractivity contribution in [3.63, 3.8) is 0 Å². The summed E-state index contributed by atoms with van der Waals surface area (Å²) in [5.41, 5.74) is -1.03. The summed E-state index contributed by atoms with van der Waals surface area (Å²) in [4.78, 5) is -0.352. The number of nitrogens with zero attached hydrogens (tertiary/aromatic N) is 2. The number of hydrogen-bond donors (Lipinski definition) is 1. The molecule has 0 aliphatic carbocycles. The molecule has 0 amide bonds. The Morgan fingerprint density at radius 2 is 1.78 bits per heavy atom. The number of rotatable bonds is 10. The van der Waals surface area contributed by atoms with Crippen molar-refractivity contribution in [3.05, 3.63) is 65.4 Å². The maximum atomic E-state index is 13.9. The van der Waals surface area contributed by atoms with Crippen molar-refractivity contribution in [1.29, 1.82) is 0 Å². The summed E-state index contributed by atoms with van der Waals surface area (Å²) in [7, 11) is -5.90. The van der Waals surface area contributed by atoms with Crippen LogP contribution in [-0.4, -0.2) is 40.1 Å². The SMILES string of the molecule is Cc1cc(N(COCC[Si](C)(C)C)S(=O)(=O)c2ccccc2-c2ccc(CO)cc2C(F)(F)F)on1. The van der Waals surface area contributed by atoms with E-state index in [1.165, 1.54) is 36.4 Å². The van der Waals surface area contributed by atoms with Crippen LogP contribution in [0.3, 0.4) is 0 Å². The second-order valence-electron chi connectivity index (χ2n) is 9.54. The van der Waals surface area contributed by atoms with Crippen molar-refractivity contribution in [1.82, 2.24) is 5.16 Å². The highest BCUT2D eigenvalue weighted by molar-refractivity contribution is 7.93. The smallest absolute Gasteiger partial charge is 0.392 e. The van der Waals surface area contributed by atoms with Gasteiger partial charge >= 0.3 is 6.18 Å². The maximum absolute atomic E-state index is 13.9. The zero-order chi connectivity index (χ0) is 26.7. The number of halogens is 3. The molecule has 196 valence electrons. The topological polar surface area (TPSA) is 92.9 Å². The molecule has 0 atom stereocenters. The van der Waals surface area contributed by atoms with E-state index in [-0.39, 0.29) is 27.5 Å². The minimum absolute atomic E-state index is 0.0565. The van der Waals surface area contributed by atoms with Crippen LogP contribution in [-0.2, 0) is 27.5 Å². The Morgan fingerprint density at radius 3 is 2.36 bits per heavy atom. The molecule has 3 aromatic rings. The van der Waals surface area contributed by atoms with E-state index in [0.29, 0.717) is 12.3 Å². The van der Waals surface area contributed by atoms with Crippen molar-refractivity contribution in [2.75, 3.05) is 17.6 Å². The number of aryl methyl sites for hydroxylation is 1. The Kier molecular flexibility index (Phi) is 8.33. The molecule has 36 heavy (non-hydrogen) atoms. The van der Waals surface area contributed by atoms with Crippen LogP contribution in [0.1, 0.15) is 16.8 Å². The average Bonchev–Trinajstić information content (AvgIpc) is 3.22. The molecule has 1 heterocycles. The summed E-state index contributed by atoms with van der Waals surface area (Å²) < 4.78 is 81.2. The second-order valence-corrected chi connectivity index (χ2v) is 17.0. The number of benzene rings is 2. The molecule has 0 aliphatic heterocycles. The number of aromatic nitrogens is 1. The number of aliphatic hydroxyl groups is 1. The first-order valence-electron chi connectivity index (χ1n) is 11.2. The van der Waals surface area contributed by atoms with Gasteiger partial charge in [-0.2, -0.15) is 13.2 Å². The molecular formula is C24H29F3N2O5SSi. The van der Waals surface area contributed by atoms with Gasteiger partial charge in [0.25, 0.3) is 10.0 Å². The predicted molar refractivity (Wildman–Crippen MR) is 133 cm³/mol. The van der Waals surface area contributed by atoms with Crippen LogP contribution in [0.5, 0.6) is 0 Å². The van der Waals surface area contributed by atoms with Crippen molar-refractivity contribution < 1.29 is 36.0 Å².